The van der Waals surface area contributed by atoms with Crippen LogP contribution >= 0.6 is 0 Å². The van der Waals surface area contributed by atoms with Gasteiger partial charge < -0.3 is 4.48 Å². The Balaban J connectivity index is 2.41. The van der Waals surface area contributed by atoms with E-state index in [1.165, 1.54) is 76.2 Å². The standard InChI is InChI=1S/C27H46N/c1-5-8-9-10-11-12-13-14-15-19-23-27(20-6-2)28(4,24-7-3)25-26-21-17-16-18-22-26/h6-7,16-18,21-22,27H,2-3,5,8-15,19-20,23-25H2,1,4H3/q+1. The van der Waals surface area contributed by atoms with Gasteiger partial charge in [-0.25, -0.2) is 0 Å². The maximum absolute atomic E-state index is 4.05. The number of quaternary nitrogens is 1. The second-order valence-corrected chi connectivity index (χ2v) is 8.74. The van der Waals surface area contributed by atoms with Gasteiger partial charge in [0.15, 0.2) is 0 Å². The summed E-state index contributed by atoms with van der Waals surface area (Å²) in [6, 6.07) is 11.5. The molecule has 0 spiro atoms. The Morgan fingerprint density at radius 1 is 0.821 bits per heavy atom. The van der Waals surface area contributed by atoms with Crippen LogP contribution in [0.5, 0.6) is 0 Å². The molecule has 158 valence electrons. The lowest BCUT2D eigenvalue weighted by Gasteiger charge is -2.41. The number of unbranched alkanes of at least 4 members (excludes halogenated alkanes) is 9. The third-order valence-corrected chi connectivity index (χ3v) is 6.14. The molecule has 0 bridgehead atoms. The molecule has 1 nitrogen and oxygen atoms in total. The minimum atomic E-state index is 0.629. The summed E-state index contributed by atoms with van der Waals surface area (Å²) in [5.74, 6) is 0. The average Bonchev–Trinajstić information content (AvgIpc) is 2.69. The van der Waals surface area contributed by atoms with E-state index in [-0.39, 0.29) is 0 Å². The van der Waals surface area contributed by atoms with Crippen LogP contribution in [0.2, 0.25) is 0 Å². The minimum absolute atomic E-state index is 0.629. The molecule has 0 heterocycles. The van der Waals surface area contributed by atoms with E-state index in [0.29, 0.717) is 6.04 Å². The molecule has 1 aromatic carbocycles. The van der Waals surface area contributed by atoms with E-state index in [2.05, 4.69) is 69.6 Å². The highest BCUT2D eigenvalue weighted by molar-refractivity contribution is 5.13. The zero-order valence-electron chi connectivity index (χ0n) is 18.9. The fourth-order valence-electron chi connectivity index (χ4n) is 4.38. The minimum Gasteiger partial charge on any atom is -0.316 e. The van der Waals surface area contributed by atoms with Crippen LogP contribution in [-0.4, -0.2) is 24.1 Å². The summed E-state index contributed by atoms with van der Waals surface area (Å²) in [5.41, 5.74) is 1.42. The van der Waals surface area contributed by atoms with Gasteiger partial charge in [0, 0.05) is 12.0 Å². The molecule has 28 heavy (non-hydrogen) atoms. The molecule has 2 atom stereocenters. The van der Waals surface area contributed by atoms with Crippen LogP contribution in [-0.2, 0) is 6.54 Å². The Labute approximate surface area is 176 Å². The van der Waals surface area contributed by atoms with Crippen molar-refractivity contribution in [1.82, 2.24) is 0 Å². The number of nitrogens with zero attached hydrogens (tertiary/aromatic N) is 1. The van der Waals surface area contributed by atoms with Crippen molar-refractivity contribution in [1.29, 1.82) is 0 Å². The molecule has 1 heteroatoms. The number of hydrogen-bond acceptors (Lipinski definition) is 0. The third-order valence-electron chi connectivity index (χ3n) is 6.14. The predicted molar refractivity (Wildman–Crippen MR) is 126 cm³/mol. The fourth-order valence-corrected chi connectivity index (χ4v) is 4.38. The second kappa shape index (κ2) is 15.6. The topological polar surface area (TPSA) is 0 Å². The van der Waals surface area contributed by atoms with Gasteiger partial charge in [-0.05, 0) is 18.9 Å². The average molecular weight is 385 g/mol. The van der Waals surface area contributed by atoms with Crippen LogP contribution in [0.1, 0.15) is 89.5 Å². The van der Waals surface area contributed by atoms with Gasteiger partial charge in [0.05, 0.1) is 19.6 Å². The molecule has 1 aromatic rings. The Kier molecular flexibility index (Phi) is 13.7. The summed E-state index contributed by atoms with van der Waals surface area (Å²) < 4.78 is 1.04. The van der Waals surface area contributed by atoms with E-state index in [0.717, 1.165) is 24.0 Å². The molecule has 0 N–H and O–H groups in total. The first-order valence-corrected chi connectivity index (χ1v) is 11.8. The smallest absolute Gasteiger partial charge is 0.105 e. The van der Waals surface area contributed by atoms with Gasteiger partial charge >= 0.3 is 0 Å². The summed E-state index contributed by atoms with van der Waals surface area (Å²) in [4.78, 5) is 0. The summed E-state index contributed by atoms with van der Waals surface area (Å²) in [7, 11) is 2.40. The second-order valence-electron chi connectivity index (χ2n) is 8.74. The Morgan fingerprint density at radius 2 is 1.39 bits per heavy atom. The van der Waals surface area contributed by atoms with Crippen molar-refractivity contribution < 1.29 is 4.48 Å². The van der Waals surface area contributed by atoms with E-state index in [1.54, 1.807) is 0 Å². The van der Waals surface area contributed by atoms with Crippen molar-refractivity contribution >= 4 is 0 Å². The Bertz CT molecular complexity index is 506. The Morgan fingerprint density at radius 3 is 1.93 bits per heavy atom. The lowest BCUT2D eigenvalue weighted by Crippen LogP contribution is -2.51. The van der Waals surface area contributed by atoms with Crippen LogP contribution in [0.3, 0.4) is 0 Å². The SMILES string of the molecule is C=CCC(CCCCCCCCCCCC)[N+](C)(CC=C)Cc1ccccc1. The van der Waals surface area contributed by atoms with Crippen LogP contribution in [0.25, 0.3) is 0 Å². The molecular formula is C27H46N+. The van der Waals surface area contributed by atoms with Gasteiger partial charge in [0.25, 0.3) is 0 Å². The molecule has 0 saturated carbocycles. The van der Waals surface area contributed by atoms with Crippen molar-refractivity contribution in [2.24, 2.45) is 0 Å². The molecule has 1 rings (SSSR count). The van der Waals surface area contributed by atoms with E-state index >= 15 is 0 Å². The van der Waals surface area contributed by atoms with E-state index < -0.39 is 0 Å². The van der Waals surface area contributed by atoms with Gasteiger partial charge in [-0.15, -0.1) is 6.58 Å². The Hall–Kier alpha value is -1.34. The van der Waals surface area contributed by atoms with Crippen molar-refractivity contribution in [3.63, 3.8) is 0 Å². The van der Waals surface area contributed by atoms with Crippen LogP contribution < -0.4 is 0 Å². The summed E-state index contributed by atoms with van der Waals surface area (Å²) in [6.45, 7) is 12.5. The van der Waals surface area contributed by atoms with Crippen molar-refractivity contribution in [2.75, 3.05) is 13.6 Å². The van der Waals surface area contributed by atoms with Crippen molar-refractivity contribution in [2.45, 2.75) is 96.6 Å². The summed E-state index contributed by atoms with van der Waals surface area (Å²) in [6.07, 6.45) is 20.6. The summed E-state index contributed by atoms with van der Waals surface area (Å²) >= 11 is 0. The molecule has 0 fully saturated rings. The van der Waals surface area contributed by atoms with Gasteiger partial charge in [0.1, 0.15) is 6.54 Å². The number of benzene rings is 1. The first kappa shape index (κ1) is 24.7. The molecule has 0 saturated heterocycles. The van der Waals surface area contributed by atoms with E-state index in [4.69, 9.17) is 0 Å². The molecule has 0 aliphatic carbocycles. The van der Waals surface area contributed by atoms with Gasteiger partial charge in [0.2, 0.25) is 0 Å². The number of rotatable bonds is 18. The van der Waals surface area contributed by atoms with E-state index in [9.17, 15) is 0 Å². The molecule has 0 aromatic heterocycles. The lowest BCUT2D eigenvalue weighted by molar-refractivity contribution is -0.941. The number of likely N-dealkylation sites (N-methyl/N-ethyl adjacent to an activating group) is 1. The van der Waals surface area contributed by atoms with Gasteiger partial charge in [-0.3, -0.25) is 0 Å². The van der Waals surface area contributed by atoms with E-state index in [1.807, 2.05) is 0 Å². The molecule has 2 unspecified atom stereocenters. The maximum atomic E-state index is 4.05. The highest BCUT2D eigenvalue weighted by Gasteiger charge is 2.30. The van der Waals surface area contributed by atoms with Crippen LogP contribution in [0, 0.1) is 0 Å². The van der Waals surface area contributed by atoms with Gasteiger partial charge in [-0.1, -0.05) is 108 Å². The normalized spacial score (nSPS) is 14.4. The maximum Gasteiger partial charge on any atom is 0.105 e. The summed E-state index contributed by atoms with van der Waals surface area (Å²) in [5, 5.41) is 0. The largest absolute Gasteiger partial charge is 0.316 e. The quantitative estimate of drug-likeness (QED) is 0.136. The predicted octanol–water partition coefficient (Wildman–Crippen LogP) is 8.07. The molecular weight excluding hydrogens is 338 g/mol. The lowest BCUT2D eigenvalue weighted by atomic mass is 9.98. The fraction of sp³-hybridized carbons (Fsp3) is 0.630. The van der Waals surface area contributed by atoms with Crippen molar-refractivity contribution in [3.8, 4) is 0 Å². The van der Waals surface area contributed by atoms with Crippen LogP contribution in [0.15, 0.2) is 55.6 Å². The van der Waals surface area contributed by atoms with Gasteiger partial charge in [-0.2, -0.15) is 0 Å². The zero-order valence-corrected chi connectivity index (χ0v) is 18.9. The molecule has 0 radical (unpaired) electrons. The highest BCUT2D eigenvalue weighted by Crippen LogP contribution is 2.24. The molecule has 0 amide bonds. The first-order chi connectivity index (χ1) is 13.7. The third kappa shape index (κ3) is 10.3. The van der Waals surface area contributed by atoms with Crippen LogP contribution in [0.4, 0.5) is 0 Å². The monoisotopic (exact) mass is 384 g/mol. The zero-order chi connectivity index (χ0) is 20.5. The molecule has 0 aliphatic rings. The first-order valence-electron chi connectivity index (χ1n) is 11.8. The highest BCUT2D eigenvalue weighted by atomic mass is 15.3. The van der Waals surface area contributed by atoms with Crippen molar-refractivity contribution in [3.05, 3.63) is 61.2 Å². The molecule has 0 aliphatic heterocycles. The number of hydrogen-bond donors (Lipinski definition) is 0.